The van der Waals surface area contributed by atoms with Gasteiger partial charge in [-0.1, -0.05) is 11.8 Å². The van der Waals surface area contributed by atoms with E-state index in [-0.39, 0.29) is 11.4 Å². The number of carbonyl (C=O) groups excluding carboxylic acids is 1. The van der Waals surface area contributed by atoms with Crippen LogP contribution in [0.3, 0.4) is 0 Å². The van der Waals surface area contributed by atoms with E-state index in [9.17, 15) is 13.6 Å². The Labute approximate surface area is 161 Å². The first kappa shape index (κ1) is 18.0. The first-order valence-corrected chi connectivity index (χ1v) is 9.09. The molecule has 3 aromatic heterocycles. The summed E-state index contributed by atoms with van der Waals surface area (Å²) in [4.78, 5) is 16.0. The van der Waals surface area contributed by atoms with Crippen molar-refractivity contribution in [1.29, 1.82) is 0 Å². The number of nitrogens with one attached hydrogen (secondary N) is 1. The largest absolute Gasteiger partial charge is 0.323 e. The van der Waals surface area contributed by atoms with E-state index in [2.05, 4.69) is 25.6 Å². The van der Waals surface area contributed by atoms with Crippen LogP contribution in [0, 0.1) is 11.6 Å². The van der Waals surface area contributed by atoms with Gasteiger partial charge in [-0.15, -0.1) is 10.2 Å². The number of anilines is 1. The van der Waals surface area contributed by atoms with E-state index in [1.54, 1.807) is 41.2 Å². The third kappa shape index (κ3) is 3.81. The molecular formula is C18H12F2N6OS. The molecule has 1 amide bonds. The zero-order valence-corrected chi connectivity index (χ0v) is 15.0. The summed E-state index contributed by atoms with van der Waals surface area (Å²) in [6, 6.07) is 10.0. The predicted octanol–water partition coefficient (Wildman–Crippen LogP) is 3.20. The molecule has 140 valence electrons. The highest BCUT2D eigenvalue weighted by Gasteiger charge is 2.12. The van der Waals surface area contributed by atoms with E-state index in [4.69, 9.17) is 0 Å². The number of rotatable bonds is 5. The molecule has 7 nitrogen and oxygen atoms in total. The Morgan fingerprint density at radius 1 is 1.07 bits per heavy atom. The maximum absolute atomic E-state index is 13.6. The van der Waals surface area contributed by atoms with Gasteiger partial charge in [0, 0.05) is 24.0 Å². The van der Waals surface area contributed by atoms with Crippen LogP contribution in [-0.4, -0.2) is 36.5 Å². The molecule has 28 heavy (non-hydrogen) atoms. The third-order valence-electron chi connectivity index (χ3n) is 3.73. The summed E-state index contributed by atoms with van der Waals surface area (Å²) in [5.74, 6) is -1.42. The molecule has 0 fully saturated rings. The molecule has 0 unspecified atom stereocenters. The second-order valence-corrected chi connectivity index (χ2v) is 6.66. The van der Waals surface area contributed by atoms with Crippen molar-refractivity contribution in [2.45, 2.75) is 5.03 Å². The molecule has 10 heteroatoms. The molecule has 3 heterocycles. The van der Waals surface area contributed by atoms with Gasteiger partial charge in [-0.3, -0.25) is 9.78 Å². The number of aromatic nitrogens is 5. The summed E-state index contributed by atoms with van der Waals surface area (Å²) < 4.78 is 28.1. The molecule has 4 aromatic rings. The van der Waals surface area contributed by atoms with Crippen LogP contribution in [0.5, 0.6) is 0 Å². The fraction of sp³-hybridized carbons (Fsp3) is 0.0556. The SMILES string of the molecule is O=C(CSc1ccc2nnc(-c3ccncc3)n2n1)Nc1ccc(F)cc1F. The fourth-order valence-corrected chi connectivity index (χ4v) is 3.10. The minimum absolute atomic E-state index is 0.00202. The molecule has 0 saturated carbocycles. The van der Waals surface area contributed by atoms with Crippen molar-refractivity contribution in [2.24, 2.45) is 0 Å². The summed E-state index contributed by atoms with van der Waals surface area (Å²) >= 11 is 1.17. The summed E-state index contributed by atoms with van der Waals surface area (Å²) in [7, 11) is 0. The van der Waals surface area contributed by atoms with Crippen molar-refractivity contribution >= 4 is 29.0 Å². The zero-order valence-electron chi connectivity index (χ0n) is 14.2. The first-order valence-electron chi connectivity index (χ1n) is 8.11. The van der Waals surface area contributed by atoms with Gasteiger partial charge >= 0.3 is 0 Å². The predicted molar refractivity (Wildman–Crippen MR) is 99.7 cm³/mol. The van der Waals surface area contributed by atoms with Gasteiger partial charge in [0.15, 0.2) is 11.5 Å². The van der Waals surface area contributed by atoms with E-state index >= 15 is 0 Å². The Balaban J connectivity index is 1.48. The molecule has 0 radical (unpaired) electrons. The standard InChI is InChI=1S/C18H12F2N6OS/c19-12-1-2-14(13(20)9-12)22-16(27)10-28-17-4-3-15-23-24-18(26(15)25-17)11-5-7-21-8-6-11/h1-9H,10H2,(H,22,27). The number of amides is 1. The summed E-state index contributed by atoms with van der Waals surface area (Å²) in [6.07, 6.45) is 3.29. The van der Waals surface area contributed by atoms with Crippen LogP contribution in [0.15, 0.2) is 59.9 Å². The summed E-state index contributed by atoms with van der Waals surface area (Å²) in [5.41, 5.74) is 1.30. The highest BCUT2D eigenvalue weighted by atomic mass is 32.2. The number of halogens is 2. The lowest BCUT2D eigenvalue weighted by molar-refractivity contribution is -0.113. The zero-order chi connectivity index (χ0) is 19.5. The van der Waals surface area contributed by atoms with Crippen LogP contribution >= 0.6 is 11.8 Å². The first-order chi connectivity index (χ1) is 13.6. The molecule has 0 spiro atoms. The van der Waals surface area contributed by atoms with E-state index < -0.39 is 17.5 Å². The van der Waals surface area contributed by atoms with Crippen LogP contribution in [0.2, 0.25) is 0 Å². The van der Waals surface area contributed by atoms with Crippen molar-refractivity contribution in [3.05, 3.63) is 66.5 Å². The van der Waals surface area contributed by atoms with E-state index in [0.717, 1.165) is 11.6 Å². The second kappa shape index (κ2) is 7.69. The van der Waals surface area contributed by atoms with Crippen molar-refractivity contribution < 1.29 is 13.6 Å². The number of carbonyl (C=O) groups is 1. The molecular weight excluding hydrogens is 386 g/mol. The highest BCUT2D eigenvalue weighted by Crippen LogP contribution is 2.21. The maximum Gasteiger partial charge on any atom is 0.234 e. The quantitative estimate of drug-likeness (QED) is 0.520. The molecule has 0 aliphatic carbocycles. The van der Waals surface area contributed by atoms with Gasteiger partial charge in [0.1, 0.15) is 16.7 Å². The van der Waals surface area contributed by atoms with Gasteiger partial charge in [0.2, 0.25) is 5.91 Å². The lowest BCUT2D eigenvalue weighted by Crippen LogP contribution is -2.15. The van der Waals surface area contributed by atoms with Crippen LogP contribution in [-0.2, 0) is 4.79 Å². The number of hydrogen-bond acceptors (Lipinski definition) is 6. The molecule has 1 aromatic carbocycles. The number of pyridine rings is 1. The molecule has 1 N–H and O–H groups in total. The van der Waals surface area contributed by atoms with Gasteiger partial charge in [-0.2, -0.15) is 9.61 Å². The monoisotopic (exact) mass is 398 g/mol. The average molecular weight is 398 g/mol. The molecule has 0 bridgehead atoms. The van der Waals surface area contributed by atoms with Crippen LogP contribution in [0.25, 0.3) is 17.0 Å². The Bertz CT molecular complexity index is 1150. The number of thioether (sulfide) groups is 1. The highest BCUT2D eigenvalue weighted by molar-refractivity contribution is 7.99. The fourth-order valence-electron chi connectivity index (χ4n) is 2.45. The molecule has 0 aliphatic rings. The maximum atomic E-state index is 13.6. The van der Waals surface area contributed by atoms with Gasteiger partial charge in [0.25, 0.3) is 0 Å². The average Bonchev–Trinajstić information content (AvgIpc) is 3.12. The molecule has 0 saturated heterocycles. The number of hydrogen-bond donors (Lipinski definition) is 1. The Kier molecular flexibility index (Phi) is 4.94. The minimum Gasteiger partial charge on any atom is -0.323 e. The van der Waals surface area contributed by atoms with Crippen molar-refractivity contribution in [1.82, 2.24) is 24.8 Å². The third-order valence-corrected chi connectivity index (χ3v) is 4.65. The van der Waals surface area contributed by atoms with E-state index in [1.165, 1.54) is 17.8 Å². The number of fused-ring (bicyclic) bond motifs is 1. The van der Waals surface area contributed by atoms with Gasteiger partial charge in [-0.05, 0) is 36.4 Å². The van der Waals surface area contributed by atoms with E-state index in [1.807, 2.05) is 0 Å². The lowest BCUT2D eigenvalue weighted by atomic mass is 10.2. The topological polar surface area (TPSA) is 85.1 Å². The van der Waals surface area contributed by atoms with Gasteiger partial charge in [0.05, 0.1) is 11.4 Å². The Hall–Kier alpha value is -3.40. The summed E-state index contributed by atoms with van der Waals surface area (Å²) in [6.45, 7) is 0. The van der Waals surface area contributed by atoms with Crippen LogP contribution < -0.4 is 5.32 Å². The molecule has 4 rings (SSSR count). The lowest BCUT2D eigenvalue weighted by Gasteiger charge is -2.06. The molecule has 0 aliphatic heterocycles. The van der Waals surface area contributed by atoms with Crippen molar-refractivity contribution in [2.75, 3.05) is 11.1 Å². The summed E-state index contributed by atoms with van der Waals surface area (Å²) in [5, 5.41) is 15.6. The van der Waals surface area contributed by atoms with Crippen molar-refractivity contribution in [3.63, 3.8) is 0 Å². The Morgan fingerprint density at radius 2 is 1.89 bits per heavy atom. The number of benzene rings is 1. The van der Waals surface area contributed by atoms with Gasteiger partial charge in [-0.25, -0.2) is 8.78 Å². The smallest absolute Gasteiger partial charge is 0.234 e. The van der Waals surface area contributed by atoms with E-state index in [0.29, 0.717) is 22.6 Å². The van der Waals surface area contributed by atoms with Gasteiger partial charge < -0.3 is 5.32 Å². The normalized spacial score (nSPS) is 10.9. The Morgan fingerprint density at radius 3 is 2.68 bits per heavy atom. The van der Waals surface area contributed by atoms with Crippen LogP contribution in [0.4, 0.5) is 14.5 Å². The van der Waals surface area contributed by atoms with Crippen molar-refractivity contribution in [3.8, 4) is 11.4 Å². The minimum atomic E-state index is -0.829. The number of nitrogens with zero attached hydrogens (tertiary/aromatic N) is 5. The molecule has 0 atom stereocenters. The second-order valence-electron chi connectivity index (χ2n) is 5.66. The van der Waals surface area contributed by atoms with Crippen LogP contribution in [0.1, 0.15) is 0 Å².